The van der Waals surface area contributed by atoms with Crippen LogP contribution in [-0.4, -0.2) is 5.75 Å². The number of nitrogens with one attached hydrogen (secondary N) is 1. The van der Waals surface area contributed by atoms with Crippen LogP contribution >= 0.6 is 11.8 Å². The molecule has 0 amide bonds. The zero-order valence-corrected chi connectivity index (χ0v) is 7.92. The van der Waals surface area contributed by atoms with Crippen molar-refractivity contribution in [3.05, 3.63) is 11.6 Å². The van der Waals surface area contributed by atoms with Crippen LogP contribution in [0.25, 0.3) is 0 Å². The van der Waals surface area contributed by atoms with Crippen molar-refractivity contribution in [1.82, 2.24) is 5.43 Å². The summed E-state index contributed by atoms with van der Waals surface area (Å²) in [6.45, 7) is 9.76. The molecule has 0 heterocycles. The molecule has 3 heteroatoms. The number of hydrogen-bond donors (Lipinski definition) is 2. The summed E-state index contributed by atoms with van der Waals surface area (Å²) >= 11 is 1.65. The van der Waals surface area contributed by atoms with Crippen molar-refractivity contribution >= 4 is 11.8 Å². The molecule has 0 aliphatic rings. The fourth-order valence-corrected chi connectivity index (χ4v) is 0.801. The molecular formula is C7H18N2S. The summed E-state index contributed by atoms with van der Waals surface area (Å²) in [6, 6.07) is 0. The smallest absolute Gasteiger partial charge is 0.0749 e. The van der Waals surface area contributed by atoms with Gasteiger partial charge < -0.3 is 5.43 Å². The molecule has 0 fully saturated rings. The van der Waals surface area contributed by atoms with E-state index in [0.29, 0.717) is 0 Å². The minimum atomic E-state index is 0.840. The minimum absolute atomic E-state index is 0.840. The summed E-state index contributed by atoms with van der Waals surface area (Å²) in [6.07, 6.45) is 1.16. The maximum atomic E-state index is 5.04. The quantitative estimate of drug-likeness (QED) is 0.491. The second-order valence-corrected chi connectivity index (χ2v) is 2.61. The molecule has 0 saturated heterocycles. The van der Waals surface area contributed by atoms with Crippen molar-refractivity contribution in [3.8, 4) is 0 Å². The Bertz CT molecular complexity index is 74.0. The summed E-state index contributed by atoms with van der Waals surface area (Å²) < 4.78 is 0. The van der Waals surface area contributed by atoms with Crippen LogP contribution in [0.4, 0.5) is 0 Å². The van der Waals surface area contributed by atoms with Gasteiger partial charge in [-0.3, -0.25) is 5.84 Å². The normalized spacial score (nSPS) is 7.60. The maximum absolute atomic E-state index is 5.04. The predicted octanol–water partition coefficient (Wildman–Crippen LogP) is 2.09. The highest BCUT2D eigenvalue weighted by molar-refractivity contribution is 8.02. The van der Waals surface area contributed by atoms with Crippen LogP contribution in [0.2, 0.25) is 0 Å². The lowest BCUT2D eigenvalue weighted by Gasteiger charge is -1.99. The molecule has 0 radical (unpaired) electrons. The topological polar surface area (TPSA) is 38.0 Å². The minimum Gasteiger partial charge on any atom is -0.319 e. The fraction of sp³-hybridized carbons (Fsp3) is 0.714. The molecule has 2 nitrogen and oxygen atoms in total. The van der Waals surface area contributed by atoms with Gasteiger partial charge in [0.15, 0.2) is 0 Å². The van der Waals surface area contributed by atoms with Gasteiger partial charge in [0, 0.05) is 0 Å². The molecule has 62 valence electrons. The van der Waals surface area contributed by atoms with Crippen molar-refractivity contribution in [1.29, 1.82) is 0 Å². The van der Waals surface area contributed by atoms with E-state index in [1.807, 2.05) is 13.8 Å². The molecule has 0 aliphatic carbocycles. The van der Waals surface area contributed by atoms with Gasteiger partial charge in [0.2, 0.25) is 0 Å². The predicted molar refractivity (Wildman–Crippen MR) is 50.6 cm³/mol. The standard InChI is InChI=1S/C5H12N2S.C2H6/c1-3-4-8-5(2)7-6;1-2/h7H,2-4,6H2,1H3;1-2H3. The van der Waals surface area contributed by atoms with Gasteiger partial charge in [-0.1, -0.05) is 27.4 Å². The van der Waals surface area contributed by atoms with Crippen molar-refractivity contribution in [2.24, 2.45) is 5.84 Å². The van der Waals surface area contributed by atoms with E-state index in [1.54, 1.807) is 11.8 Å². The molecule has 0 aliphatic heterocycles. The van der Waals surface area contributed by atoms with E-state index in [0.717, 1.165) is 17.2 Å². The Morgan fingerprint density at radius 2 is 2.10 bits per heavy atom. The number of thioether (sulfide) groups is 1. The van der Waals surface area contributed by atoms with E-state index in [2.05, 4.69) is 18.9 Å². The molecule has 0 atom stereocenters. The van der Waals surface area contributed by atoms with Gasteiger partial charge in [-0.2, -0.15) is 0 Å². The number of hydrazine groups is 1. The van der Waals surface area contributed by atoms with Crippen LogP contribution in [-0.2, 0) is 0 Å². The van der Waals surface area contributed by atoms with Crippen LogP contribution in [0.3, 0.4) is 0 Å². The highest BCUT2D eigenvalue weighted by atomic mass is 32.2. The van der Waals surface area contributed by atoms with Gasteiger partial charge in [-0.15, -0.1) is 11.8 Å². The Kier molecular flexibility index (Phi) is 14.6. The SMILES string of the molecule is C=C(NN)SCCC.CC. The summed E-state index contributed by atoms with van der Waals surface area (Å²) in [5.41, 5.74) is 2.47. The zero-order chi connectivity index (χ0) is 8.41. The van der Waals surface area contributed by atoms with Gasteiger partial charge in [0.05, 0.1) is 5.03 Å². The van der Waals surface area contributed by atoms with E-state index < -0.39 is 0 Å². The van der Waals surface area contributed by atoms with Crippen LogP contribution in [0.5, 0.6) is 0 Å². The van der Waals surface area contributed by atoms with Crippen LogP contribution in [0.1, 0.15) is 27.2 Å². The van der Waals surface area contributed by atoms with Crippen molar-refractivity contribution in [2.75, 3.05) is 5.75 Å². The highest BCUT2D eigenvalue weighted by Gasteiger charge is 1.86. The molecule has 0 aromatic rings. The largest absolute Gasteiger partial charge is 0.319 e. The zero-order valence-electron chi connectivity index (χ0n) is 7.11. The average Bonchev–Trinajstić information content (AvgIpc) is 2.04. The summed E-state index contributed by atoms with van der Waals surface area (Å²) in [4.78, 5) is 0. The molecule has 3 N–H and O–H groups in total. The van der Waals surface area contributed by atoms with Gasteiger partial charge in [-0.05, 0) is 12.2 Å². The molecule has 0 aromatic carbocycles. The maximum Gasteiger partial charge on any atom is 0.0749 e. The highest BCUT2D eigenvalue weighted by Crippen LogP contribution is 2.08. The van der Waals surface area contributed by atoms with Crippen molar-refractivity contribution < 1.29 is 0 Å². The number of rotatable bonds is 4. The Labute approximate surface area is 68.2 Å². The third-order valence-electron chi connectivity index (χ3n) is 0.641. The van der Waals surface area contributed by atoms with Gasteiger partial charge in [0.1, 0.15) is 0 Å². The first-order valence-electron chi connectivity index (χ1n) is 3.59. The molecule has 0 bridgehead atoms. The Hall–Kier alpha value is -0.150. The first-order valence-corrected chi connectivity index (χ1v) is 4.58. The van der Waals surface area contributed by atoms with E-state index in [4.69, 9.17) is 5.84 Å². The summed E-state index contributed by atoms with van der Waals surface area (Å²) in [5.74, 6) is 6.13. The molecule has 0 spiro atoms. The van der Waals surface area contributed by atoms with E-state index >= 15 is 0 Å². The first kappa shape index (κ1) is 12.5. The molecule has 10 heavy (non-hydrogen) atoms. The second-order valence-electron chi connectivity index (χ2n) is 1.42. The lowest BCUT2D eigenvalue weighted by atomic mass is 10.6. The van der Waals surface area contributed by atoms with Gasteiger partial charge >= 0.3 is 0 Å². The lowest BCUT2D eigenvalue weighted by Crippen LogP contribution is -2.18. The molecule has 0 rings (SSSR count). The average molecular weight is 162 g/mol. The molecular weight excluding hydrogens is 144 g/mol. The van der Waals surface area contributed by atoms with Crippen molar-refractivity contribution in [3.63, 3.8) is 0 Å². The summed E-state index contributed by atoms with van der Waals surface area (Å²) in [5, 5.41) is 0.840. The Balaban J connectivity index is 0. The van der Waals surface area contributed by atoms with Crippen LogP contribution in [0, 0.1) is 0 Å². The van der Waals surface area contributed by atoms with E-state index in [-0.39, 0.29) is 0 Å². The Morgan fingerprint density at radius 1 is 1.60 bits per heavy atom. The van der Waals surface area contributed by atoms with Crippen LogP contribution < -0.4 is 11.3 Å². The number of nitrogens with two attached hydrogens (primary N) is 1. The molecule has 0 aromatic heterocycles. The van der Waals surface area contributed by atoms with E-state index in [1.165, 1.54) is 0 Å². The Morgan fingerprint density at radius 3 is 2.40 bits per heavy atom. The van der Waals surface area contributed by atoms with Crippen molar-refractivity contribution in [2.45, 2.75) is 27.2 Å². The summed E-state index contributed by atoms with van der Waals surface area (Å²) in [7, 11) is 0. The monoisotopic (exact) mass is 162 g/mol. The van der Waals surface area contributed by atoms with Gasteiger partial charge in [-0.25, -0.2) is 0 Å². The second kappa shape index (κ2) is 11.6. The first-order chi connectivity index (χ1) is 4.81. The number of hydrogen-bond acceptors (Lipinski definition) is 3. The lowest BCUT2D eigenvalue weighted by molar-refractivity contribution is 0.951. The third kappa shape index (κ3) is 10.8. The van der Waals surface area contributed by atoms with Crippen LogP contribution in [0.15, 0.2) is 11.6 Å². The van der Waals surface area contributed by atoms with E-state index in [9.17, 15) is 0 Å². The third-order valence-corrected chi connectivity index (χ3v) is 1.72. The van der Waals surface area contributed by atoms with Gasteiger partial charge in [0.25, 0.3) is 0 Å². The fourth-order valence-electron chi connectivity index (χ4n) is 0.267. The molecule has 0 unspecified atom stereocenters. The molecule has 0 saturated carbocycles.